The first kappa shape index (κ1) is 48.0. The summed E-state index contributed by atoms with van der Waals surface area (Å²) in [6.45, 7) is -1.13. The third-order valence-corrected chi connectivity index (χ3v) is 5.23. The van der Waals surface area contributed by atoms with E-state index in [0.29, 0.717) is 0 Å². The van der Waals surface area contributed by atoms with Gasteiger partial charge in [-0.1, -0.05) is 0 Å². The maximum absolute atomic E-state index is 11.5. The molecule has 4 amide bonds. The number of carbonyl (C=O) groups is 8. The van der Waals surface area contributed by atoms with E-state index in [1.807, 2.05) is 0 Å². The summed E-state index contributed by atoms with van der Waals surface area (Å²) in [5.41, 5.74) is 10.5. The van der Waals surface area contributed by atoms with E-state index >= 15 is 0 Å². The van der Waals surface area contributed by atoms with Crippen LogP contribution in [0.1, 0.15) is 25.7 Å². The first-order valence-corrected chi connectivity index (χ1v) is 14.4. The number of rotatable bonds is 18. The van der Waals surface area contributed by atoms with Crippen LogP contribution in [0.2, 0.25) is 0 Å². The van der Waals surface area contributed by atoms with Crippen molar-refractivity contribution in [2.24, 2.45) is 11.5 Å². The van der Waals surface area contributed by atoms with Crippen molar-refractivity contribution in [3.8, 4) is 0 Å². The fourth-order valence-electron chi connectivity index (χ4n) is 2.31. The van der Waals surface area contributed by atoms with Crippen LogP contribution in [-0.4, -0.2) is 146 Å². The van der Waals surface area contributed by atoms with Gasteiger partial charge in [0, 0.05) is 24.3 Å². The van der Waals surface area contributed by atoms with Gasteiger partial charge in [0.25, 0.3) is 0 Å². The quantitative estimate of drug-likeness (QED) is 0.0365. The number of carboxylic acids is 4. The van der Waals surface area contributed by atoms with E-state index in [0.717, 1.165) is 0 Å². The minimum absolute atomic E-state index is 0. The molecule has 0 radical (unpaired) electrons. The molecule has 0 aliphatic heterocycles. The summed E-state index contributed by atoms with van der Waals surface area (Å²) in [6, 6.07) is -4.30. The second kappa shape index (κ2) is 28.8. The molecule has 43 heavy (non-hydrogen) atoms. The Morgan fingerprint density at radius 2 is 0.884 bits per heavy atom. The molecular formula is C20H37N6NaO12S4. The summed E-state index contributed by atoms with van der Waals surface area (Å²) in [5, 5.41) is 42.7. The van der Waals surface area contributed by atoms with Crippen molar-refractivity contribution in [1.29, 1.82) is 0 Å². The summed E-state index contributed by atoms with van der Waals surface area (Å²) < 4.78 is 0. The Bertz CT molecular complexity index is 865. The average Bonchev–Trinajstić information content (AvgIpc) is 2.94. The van der Waals surface area contributed by atoms with Crippen LogP contribution in [0, 0.1) is 0 Å². The Morgan fingerprint density at radius 3 is 1.09 bits per heavy atom. The van der Waals surface area contributed by atoms with E-state index in [-0.39, 0.29) is 66.7 Å². The Hall–Kier alpha value is -1.92. The van der Waals surface area contributed by atoms with Crippen molar-refractivity contribution < 1.29 is 58.8 Å². The SMILES string of the molecule is N[C@@H](CCC(=O)N[C@@H](CS)C(=O)NCC(=O)O)C(=O)O.N[C@@H](CCC(=O)N[C@@H](CS)C(=O)NCC(=O)O)C(=O)O.SS.[NaH]. The molecular weight excluding hydrogens is 668 g/mol. The van der Waals surface area contributed by atoms with E-state index in [2.05, 4.69) is 69.8 Å². The van der Waals surface area contributed by atoms with E-state index in [1.54, 1.807) is 0 Å². The Labute approximate surface area is 289 Å². The Kier molecular flexibility index (Phi) is 32.2. The molecule has 0 aromatic heterocycles. The zero-order valence-electron chi connectivity index (χ0n) is 22.0. The number of carbonyl (C=O) groups excluding carboxylic acids is 4. The number of hydrogen-bond donors (Lipinski definition) is 14. The van der Waals surface area contributed by atoms with E-state index < -0.39 is 84.8 Å². The molecule has 18 nitrogen and oxygen atoms in total. The first-order valence-electron chi connectivity index (χ1n) is 11.5. The first-order chi connectivity index (χ1) is 19.5. The zero-order valence-corrected chi connectivity index (χ0v) is 25.5. The summed E-state index contributed by atoms with van der Waals surface area (Å²) in [5.74, 6) is -7.41. The molecule has 0 aromatic rings. The van der Waals surface area contributed by atoms with Crippen LogP contribution in [0.15, 0.2) is 0 Å². The average molecular weight is 705 g/mol. The molecule has 0 saturated carbocycles. The van der Waals surface area contributed by atoms with Crippen molar-refractivity contribution in [3.63, 3.8) is 0 Å². The second-order valence-electron chi connectivity index (χ2n) is 7.80. The topological polar surface area (TPSA) is 318 Å². The van der Waals surface area contributed by atoms with Crippen molar-refractivity contribution in [2.75, 3.05) is 24.6 Å². The molecule has 12 N–H and O–H groups in total. The molecule has 0 heterocycles. The number of aliphatic carboxylic acids is 4. The molecule has 0 fully saturated rings. The van der Waals surface area contributed by atoms with Gasteiger partial charge >= 0.3 is 53.4 Å². The van der Waals surface area contributed by atoms with Crippen molar-refractivity contribution in [2.45, 2.75) is 49.9 Å². The summed E-state index contributed by atoms with van der Waals surface area (Å²) >= 11 is 14.2. The molecule has 0 saturated heterocycles. The van der Waals surface area contributed by atoms with Gasteiger partial charge in [-0.25, -0.2) is 0 Å². The molecule has 0 bridgehead atoms. The maximum atomic E-state index is 11.5. The fourth-order valence-corrected chi connectivity index (χ4v) is 2.83. The molecule has 0 aromatic carbocycles. The molecule has 0 aliphatic carbocycles. The number of nitrogens with two attached hydrogens (primary N) is 2. The monoisotopic (exact) mass is 704 g/mol. The molecule has 0 aliphatic rings. The fraction of sp³-hybridized carbons (Fsp3) is 0.600. The predicted octanol–water partition coefficient (Wildman–Crippen LogP) is -4.30. The van der Waals surface area contributed by atoms with Crippen molar-refractivity contribution >= 4 is 126 Å². The number of thiol groups is 4. The minimum atomic E-state index is -1.22. The second-order valence-corrected chi connectivity index (χ2v) is 8.53. The summed E-state index contributed by atoms with van der Waals surface area (Å²) in [7, 11) is 0. The van der Waals surface area contributed by atoms with E-state index in [4.69, 9.17) is 31.9 Å². The third kappa shape index (κ3) is 27.4. The number of hydrogen-bond acceptors (Lipinski definition) is 14. The van der Waals surface area contributed by atoms with Gasteiger partial charge in [0.1, 0.15) is 37.3 Å². The standard InChI is InChI=1S/2C10H17N3O6S.Na.H2S2.H/c2*11-5(10(18)19)1-2-7(14)13-6(4-20)9(17)12-3-8(15)16;;1-2;/h2*5-6,20H,1-4,11H2,(H,12,17)(H,13,14)(H,15,16)(H,18,19);;1-2H;/t2*5-,6-;;;/m00.../s1. The van der Waals surface area contributed by atoms with Gasteiger partial charge in [0.15, 0.2) is 0 Å². The summed E-state index contributed by atoms with van der Waals surface area (Å²) in [4.78, 5) is 87.5. The number of amides is 4. The van der Waals surface area contributed by atoms with Gasteiger partial charge in [-0.15, -0.1) is 23.3 Å². The van der Waals surface area contributed by atoms with Crippen LogP contribution in [0.5, 0.6) is 0 Å². The summed E-state index contributed by atoms with van der Waals surface area (Å²) in [6.07, 6.45) is -0.470. The van der Waals surface area contributed by atoms with Gasteiger partial charge in [0.05, 0.1) is 0 Å². The molecule has 23 heteroatoms. The van der Waals surface area contributed by atoms with E-state index in [1.165, 1.54) is 0 Å². The molecule has 244 valence electrons. The van der Waals surface area contributed by atoms with Gasteiger partial charge in [-0.2, -0.15) is 25.3 Å². The molecule has 0 unspecified atom stereocenters. The number of nitrogens with one attached hydrogen (secondary N) is 4. The van der Waals surface area contributed by atoms with Crippen LogP contribution in [0.4, 0.5) is 0 Å². The Morgan fingerprint density at radius 1 is 0.605 bits per heavy atom. The number of carboxylic acid groups (broad SMARTS) is 4. The predicted molar refractivity (Wildman–Crippen MR) is 168 cm³/mol. The van der Waals surface area contributed by atoms with Crippen molar-refractivity contribution in [1.82, 2.24) is 21.3 Å². The van der Waals surface area contributed by atoms with Gasteiger partial charge < -0.3 is 53.2 Å². The zero-order chi connectivity index (χ0) is 33.4. The van der Waals surface area contributed by atoms with Crippen molar-refractivity contribution in [3.05, 3.63) is 0 Å². The normalized spacial score (nSPS) is 12.3. The van der Waals surface area contributed by atoms with Gasteiger partial charge in [-0.3, -0.25) is 38.4 Å². The van der Waals surface area contributed by atoms with Gasteiger partial charge in [-0.05, 0) is 12.8 Å². The van der Waals surface area contributed by atoms with E-state index in [9.17, 15) is 38.4 Å². The Balaban J connectivity index is -0.000000327. The van der Waals surface area contributed by atoms with Crippen LogP contribution in [-0.2, 0) is 38.4 Å². The van der Waals surface area contributed by atoms with Crippen LogP contribution in [0.3, 0.4) is 0 Å². The third-order valence-electron chi connectivity index (χ3n) is 4.50. The van der Waals surface area contributed by atoms with Crippen LogP contribution >= 0.6 is 48.6 Å². The molecule has 0 spiro atoms. The molecule has 4 atom stereocenters. The van der Waals surface area contributed by atoms with Crippen LogP contribution < -0.4 is 32.7 Å². The molecule has 0 rings (SSSR count). The van der Waals surface area contributed by atoms with Gasteiger partial charge in [0.2, 0.25) is 23.6 Å². The van der Waals surface area contributed by atoms with Crippen LogP contribution in [0.25, 0.3) is 0 Å².